The van der Waals surface area contributed by atoms with Crippen molar-refractivity contribution in [1.29, 1.82) is 5.26 Å². The lowest BCUT2D eigenvalue weighted by atomic mass is 10.0. The predicted molar refractivity (Wildman–Crippen MR) is 111 cm³/mol. The van der Waals surface area contributed by atoms with Gasteiger partial charge in [-0.3, -0.25) is 4.79 Å². The van der Waals surface area contributed by atoms with Gasteiger partial charge in [0.15, 0.2) is 0 Å². The molecule has 7 nitrogen and oxygen atoms in total. The van der Waals surface area contributed by atoms with E-state index in [4.69, 9.17) is 0 Å². The van der Waals surface area contributed by atoms with Gasteiger partial charge in [0.1, 0.15) is 11.8 Å². The van der Waals surface area contributed by atoms with Crippen LogP contribution in [0.2, 0.25) is 0 Å². The number of alkyl halides is 1. The summed E-state index contributed by atoms with van der Waals surface area (Å²) in [6, 6.07) is 7.38. The van der Waals surface area contributed by atoms with Gasteiger partial charge in [-0.2, -0.15) is 5.26 Å². The number of aromatic nitrogens is 2. The van der Waals surface area contributed by atoms with Crippen LogP contribution in [0.25, 0.3) is 21.9 Å². The van der Waals surface area contributed by atoms with Gasteiger partial charge in [0.05, 0.1) is 40.4 Å². The van der Waals surface area contributed by atoms with E-state index in [0.717, 1.165) is 10.9 Å². The fourth-order valence-electron chi connectivity index (χ4n) is 3.06. The highest BCUT2D eigenvalue weighted by Gasteiger charge is 2.27. The number of hydrogen-bond acceptors (Lipinski definition) is 5. The first-order valence-electron chi connectivity index (χ1n) is 9.37. The number of rotatable bonds is 6. The molecule has 0 saturated heterocycles. The third-order valence-electron chi connectivity index (χ3n) is 4.64. The van der Waals surface area contributed by atoms with E-state index in [9.17, 15) is 19.6 Å². The zero-order valence-corrected chi connectivity index (χ0v) is 16.8. The molecule has 0 aliphatic heterocycles. The van der Waals surface area contributed by atoms with Gasteiger partial charge in [0.25, 0.3) is 5.91 Å². The summed E-state index contributed by atoms with van der Waals surface area (Å²) < 4.78 is 14.1. The summed E-state index contributed by atoms with van der Waals surface area (Å²) in [4.78, 5) is 20.4. The average molecular weight is 397 g/mol. The molecule has 0 saturated carbocycles. The van der Waals surface area contributed by atoms with E-state index < -0.39 is 17.7 Å². The molecule has 1 atom stereocenters. The summed E-state index contributed by atoms with van der Waals surface area (Å²) in [5.74, 6) is -0.500. The van der Waals surface area contributed by atoms with Crippen LogP contribution in [0.4, 0.5) is 10.1 Å². The highest BCUT2D eigenvalue weighted by Crippen LogP contribution is 2.34. The van der Waals surface area contributed by atoms with Crippen LogP contribution in [0.15, 0.2) is 24.4 Å². The Balaban J connectivity index is 2.10. The normalized spacial score (nSPS) is 12.9. The van der Waals surface area contributed by atoms with E-state index >= 15 is 0 Å². The number of carbonyl (C=O) groups is 1. The molecule has 0 radical (unpaired) electrons. The summed E-state index contributed by atoms with van der Waals surface area (Å²) >= 11 is 0. The molecule has 152 valence electrons. The van der Waals surface area contributed by atoms with Gasteiger partial charge in [-0.25, -0.2) is 9.37 Å². The standard InChI is InChI=1S/C21H24FN5O2/c1-11(2)26-18-14(20(28)25-10-16(22)21(3,4)29)9-24-19-17(18)13-7-12(8-23)5-6-15(13)27-19/h5-7,9,11,16,29H,10H2,1-4H3,(H,25,28)(H2,24,26,27)/t16-/m1/s1. The fourth-order valence-corrected chi connectivity index (χ4v) is 3.06. The van der Waals surface area contributed by atoms with Gasteiger partial charge in [-0.05, 0) is 45.9 Å². The molecule has 0 spiro atoms. The molecule has 0 fully saturated rings. The first-order chi connectivity index (χ1) is 13.6. The Hall–Kier alpha value is -3.18. The molecular formula is C21H24FN5O2. The first kappa shape index (κ1) is 20.6. The maximum Gasteiger partial charge on any atom is 0.255 e. The van der Waals surface area contributed by atoms with E-state index in [-0.39, 0.29) is 18.2 Å². The second-order valence-corrected chi connectivity index (χ2v) is 7.90. The molecule has 2 heterocycles. The Morgan fingerprint density at radius 1 is 1.41 bits per heavy atom. The Labute approximate surface area is 167 Å². The minimum absolute atomic E-state index is 0.0153. The van der Waals surface area contributed by atoms with E-state index in [1.807, 2.05) is 13.8 Å². The van der Waals surface area contributed by atoms with Gasteiger partial charge in [-0.15, -0.1) is 0 Å². The molecule has 29 heavy (non-hydrogen) atoms. The Morgan fingerprint density at radius 3 is 2.76 bits per heavy atom. The van der Waals surface area contributed by atoms with Crippen LogP contribution in [0, 0.1) is 11.3 Å². The molecule has 1 aromatic carbocycles. The SMILES string of the molecule is CC(C)Nc1c(C(=O)NC[C@@H](F)C(C)(C)O)cnc2[nH]c3ccc(C#N)cc3c12. The van der Waals surface area contributed by atoms with Gasteiger partial charge < -0.3 is 20.7 Å². The lowest BCUT2D eigenvalue weighted by molar-refractivity contribution is -0.00177. The van der Waals surface area contributed by atoms with E-state index in [0.29, 0.717) is 22.3 Å². The molecule has 4 N–H and O–H groups in total. The molecule has 0 unspecified atom stereocenters. The van der Waals surface area contributed by atoms with Gasteiger partial charge >= 0.3 is 0 Å². The number of H-pyrrole nitrogens is 1. The van der Waals surface area contributed by atoms with Crippen LogP contribution in [0.5, 0.6) is 0 Å². The predicted octanol–water partition coefficient (Wildman–Crippen LogP) is 3.25. The fraction of sp³-hybridized carbons (Fsp3) is 0.381. The third-order valence-corrected chi connectivity index (χ3v) is 4.64. The molecule has 3 aromatic rings. The minimum Gasteiger partial charge on any atom is -0.387 e. The number of pyridine rings is 1. The van der Waals surface area contributed by atoms with E-state index in [2.05, 4.69) is 26.7 Å². The number of anilines is 1. The number of aromatic amines is 1. The van der Waals surface area contributed by atoms with Crippen molar-refractivity contribution in [3.63, 3.8) is 0 Å². The van der Waals surface area contributed by atoms with Crippen LogP contribution in [-0.4, -0.2) is 45.3 Å². The average Bonchev–Trinajstić information content (AvgIpc) is 3.02. The maximum atomic E-state index is 14.1. The molecule has 0 aliphatic carbocycles. The zero-order chi connectivity index (χ0) is 21.3. The van der Waals surface area contributed by atoms with Crippen molar-refractivity contribution in [3.05, 3.63) is 35.5 Å². The molecule has 3 rings (SSSR count). The molecule has 1 amide bonds. The van der Waals surface area contributed by atoms with Gasteiger partial charge in [-0.1, -0.05) is 0 Å². The van der Waals surface area contributed by atoms with Crippen LogP contribution < -0.4 is 10.6 Å². The number of benzene rings is 1. The summed E-state index contributed by atoms with van der Waals surface area (Å²) in [6.07, 6.45) is -0.184. The van der Waals surface area contributed by atoms with E-state index in [1.54, 1.807) is 18.2 Å². The number of carbonyl (C=O) groups excluding carboxylic acids is 1. The van der Waals surface area contributed by atoms with E-state index in [1.165, 1.54) is 20.0 Å². The number of fused-ring (bicyclic) bond motifs is 3. The topological polar surface area (TPSA) is 114 Å². The zero-order valence-electron chi connectivity index (χ0n) is 16.8. The van der Waals surface area contributed by atoms with Crippen molar-refractivity contribution < 1.29 is 14.3 Å². The van der Waals surface area contributed by atoms with Crippen molar-refractivity contribution >= 4 is 33.5 Å². The van der Waals surface area contributed by atoms with Crippen LogP contribution in [-0.2, 0) is 0 Å². The highest BCUT2D eigenvalue weighted by molar-refractivity contribution is 6.17. The number of nitrogens with one attached hydrogen (secondary N) is 3. The number of nitriles is 1. The monoisotopic (exact) mass is 397 g/mol. The first-order valence-corrected chi connectivity index (χ1v) is 9.37. The Morgan fingerprint density at radius 2 is 2.14 bits per heavy atom. The van der Waals surface area contributed by atoms with Crippen molar-refractivity contribution in [2.75, 3.05) is 11.9 Å². The summed E-state index contributed by atoms with van der Waals surface area (Å²) in [5, 5.41) is 26.3. The Kier molecular flexibility index (Phi) is 5.44. The van der Waals surface area contributed by atoms with Crippen molar-refractivity contribution in [2.45, 2.75) is 45.5 Å². The van der Waals surface area contributed by atoms with Crippen LogP contribution in [0.1, 0.15) is 43.6 Å². The lowest BCUT2D eigenvalue weighted by Gasteiger charge is -2.23. The summed E-state index contributed by atoms with van der Waals surface area (Å²) in [7, 11) is 0. The van der Waals surface area contributed by atoms with Gasteiger partial charge in [0.2, 0.25) is 0 Å². The van der Waals surface area contributed by atoms with Crippen molar-refractivity contribution in [2.24, 2.45) is 0 Å². The quantitative estimate of drug-likeness (QED) is 0.510. The second kappa shape index (κ2) is 7.68. The molecule has 2 aromatic heterocycles. The number of aliphatic hydroxyl groups is 1. The molecular weight excluding hydrogens is 373 g/mol. The number of halogens is 1. The molecule has 0 bridgehead atoms. The van der Waals surface area contributed by atoms with Crippen molar-refractivity contribution in [1.82, 2.24) is 15.3 Å². The van der Waals surface area contributed by atoms with Crippen LogP contribution in [0.3, 0.4) is 0 Å². The van der Waals surface area contributed by atoms with Crippen LogP contribution >= 0.6 is 0 Å². The summed E-state index contributed by atoms with van der Waals surface area (Å²) in [6.45, 7) is 6.25. The third kappa shape index (κ3) is 4.15. The number of amides is 1. The van der Waals surface area contributed by atoms with Crippen molar-refractivity contribution in [3.8, 4) is 6.07 Å². The smallest absolute Gasteiger partial charge is 0.255 e. The Bertz CT molecular complexity index is 1110. The second-order valence-electron chi connectivity index (χ2n) is 7.90. The highest BCUT2D eigenvalue weighted by atomic mass is 19.1. The largest absolute Gasteiger partial charge is 0.387 e. The molecule has 0 aliphatic rings. The van der Waals surface area contributed by atoms with Gasteiger partial charge in [0, 0.05) is 23.1 Å². The summed E-state index contributed by atoms with van der Waals surface area (Å²) in [5.41, 5.74) is 1.13. The minimum atomic E-state index is -1.61. The number of hydrogen-bond donors (Lipinski definition) is 4. The maximum absolute atomic E-state index is 14.1. The molecule has 8 heteroatoms. The number of nitrogens with zero attached hydrogens (tertiary/aromatic N) is 2. The lowest BCUT2D eigenvalue weighted by Crippen LogP contribution is -2.42.